The maximum atomic E-state index is 5.37. The van der Waals surface area contributed by atoms with Gasteiger partial charge in [0.15, 0.2) is 0 Å². The highest BCUT2D eigenvalue weighted by molar-refractivity contribution is 4.82. The standard InChI is InChI=1S/C10H20N2O/c1-11-9-2-5-12(8-9)10-3-6-13-7-4-10/h9-10H,1-8,11H2/t9-/m1/s1. The third-order valence-electron chi connectivity index (χ3n) is 3.30. The number of rotatable bonds is 2. The van der Waals surface area contributed by atoms with Crippen LogP contribution in [0.25, 0.3) is 0 Å². The predicted octanol–water partition coefficient (Wildman–Crippen LogP) is -0.405. The Balaban J connectivity index is 1.80. The Hall–Kier alpha value is -0.120. The summed E-state index contributed by atoms with van der Waals surface area (Å²) in [5.74, 6) is 0. The minimum atomic E-state index is 0.739. The van der Waals surface area contributed by atoms with Gasteiger partial charge in [0, 0.05) is 38.8 Å². The zero-order valence-electron chi connectivity index (χ0n) is 8.24. The van der Waals surface area contributed by atoms with Crippen LogP contribution in [0.4, 0.5) is 0 Å². The smallest absolute Gasteiger partial charge is 0.0761 e. The lowest BCUT2D eigenvalue weighted by atomic mass is 10.1. The molecule has 2 fully saturated rings. The van der Waals surface area contributed by atoms with Crippen LogP contribution in [-0.4, -0.2) is 43.3 Å². The average molecular weight is 184 g/mol. The molecule has 3 nitrogen and oxygen atoms in total. The van der Waals surface area contributed by atoms with Crippen molar-refractivity contribution >= 4 is 0 Å². The van der Waals surface area contributed by atoms with E-state index in [9.17, 15) is 0 Å². The van der Waals surface area contributed by atoms with Crippen LogP contribution in [0.5, 0.6) is 0 Å². The van der Waals surface area contributed by atoms with Gasteiger partial charge >= 0.3 is 0 Å². The largest absolute Gasteiger partial charge is 0.475 e. The molecule has 1 atom stereocenters. The highest BCUT2D eigenvalue weighted by Gasteiger charge is 2.29. The molecule has 0 radical (unpaired) electrons. The Morgan fingerprint density at radius 3 is 2.62 bits per heavy atom. The maximum Gasteiger partial charge on any atom is 0.0761 e. The van der Waals surface area contributed by atoms with Gasteiger partial charge in [-0.1, -0.05) is 0 Å². The van der Waals surface area contributed by atoms with E-state index in [2.05, 4.69) is 17.3 Å². The lowest BCUT2D eigenvalue weighted by Gasteiger charge is -2.30. The summed E-state index contributed by atoms with van der Waals surface area (Å²) < 4.78 is 5.37. The van der Waals surface area contributed by atoms with Crippen molar-refractivity contribution in [3.05, 3.63) is 7.05 Å². The van der Waals surface area contributed by atoms with E-state index >= 15 is 0 Å². The van der Waals surface area contributed by atoms with E-state index in [4.69, 9.17) is 4.74 Å². The molecule has 0 saturated carbocycles. The van der Waals surface area contributed by atoms with Crippen molar-refractivity contribution < 1.29 is 10.1 Å². The molecule has 0 spiro atoms. The Bertz CT molecular complexity index is 157. The van der Waals surface area contributed by atoms with Crippen LogP contribution in [-0.2, 0) is 4.74 Å². The molecular weight excluding hydrogens is 164 g/mol. The molecule has 2 heterocycles. The summed E-state index contributed by atoms with van der Waals surface area (Å²) in [5.41, 5.74) is 0. The van der Waals surface area contributed by atoms with E-state index in [-0.39, 0.29) is 0 Å². The third-order valence-corrected chi connectivity index (χ3v) is 3.30. The topological polar surface area (TPSA) is 29.1 Å². The molecule has 0 aromatic heterocycles. The first-order valence-electron chi connectivity index (χ1n) is 5.34. The first-order chi connectivity index (χ1) is 6.40. The third kappa shape index (κ3) is 2.22. The van der Waals surface area contributed by atoms with Gasteiger partial charge in [-0.3, -0.25) is 4.90 Å². The Kier molecular flexibility index (Phi) is 3.19. The quantitative estimate of drug-likeness (QED) is 0.591. The zero-order valence-corrected chi connectivity index (χ0v) is 8.24. The molecule has 0 bridgehead atoms. The highest BCUT2D eigenvalue weighted by Crippen LogP contribution is 2.18. The van der Waals surface area contributed by atoms with E-state index in [1.54, 1.807) is 0 Å². The van der Waals surface area contributed by atoms with Crippen LogP contribution >= 0.6 is 0 Å². The maximum absolute atomic E-state index is 5.37. The molecule has 2 N–H and O–H groups in total. The number of quaternary nitrogens is 1. The fourth-order valence-corrected chi connectivity index (χ4v) is 2.39. The van der Waals surface area contributed by atoms with Gasteiger partial charge in [0.05, 0.1) is 6.04 Å². The summed E-state index contributed by atoms with van der Waals surface area (Å²) in [7, 11) is 3.87. The molecule has 0 aliphatic carbocycles. The second-order valence-corrected chi connectivity index (χ2v) is 4.12. The van der Waals surface area contributed by atoms with E-state index in [1.807, 2.05) is 0 Å². The monoisotopic (exact) mass is 184 g/mol. The molecule has 0 amide bonds. The first-order valence-corrected chi connectivity index (χ1v) is 5.34. The molecule has 76 valence electrons. The molecule has 2 rings (SSSR count). The van der Waals surface area contributed by atoms with Crippen LogP contribution in [0.1, 0.15) is 19.3 Å². The summed E-state index contributed by atoms with van der Waals surface area (Å²) in [4.78, 5) is 2.62. The second-order valence-electron chi connectivity index (χ2n) is 4.12. The fraction of sp³-hybridized carbons (Fsp3) is 0.900. The minimum absolute atomic E-state index is 0.739. The Morgan fingerprint density at radius 2 is 2.00 bits per heavy atom. The summed E-state index contributed by atoms with van der Waals surface area (Å²) in [5, 5.41) is 2.11. The van der Waals surface area contributed by atoms with Crippen LogP contribution in [0.2, 0.25) is 0 Å². The van der Waals surface area contributed by atoms with Gasteiger partial charge in [0.1, 0.15) is 0 Å². The summed E-state index contributed by atoms with van der Waals surface area (Å²) >= 11 is 0. The predicted molar refractivity (Wildman–Crippen MR) is 51.1 cm³/mol. The average Bonchev–Trinajstić information content (AvgIpc) is 2.67. The minimum Gasteiger partial charge on any atom is -0.475 e. The van der Waals surface area contributed by atoms with Crippen LogP contribution < -0.4 is 5.32 Å². The van der Waals surface area contributed by atoms with Crippen molar-refractivity contribution in [3.63, 3.8) is 0 Å². The van der Waals surface area contributed by atoms with Crippen LogP contribution in [0.15, 0.2) is 0 Å². The van der Waals surface area contributed by atoms with E-state index in [0.29, 0.717) is 0 Å². The number of nitrogens with two attached hydrogens (primary N) is 1. The highest BCUT2D eigenvalue weighted by atomic mass is 16.5. The number of nitrogens with zero attached hydrogens (tertiary/aromatic N) is 1. The van der Waals surface area contributed by atoms with Gasteiger partial charge in [0.2, 0.25) is 0 Å². The normalized spacial score (nSPS) is 32.5. The van der Waals surface area contributed by atoms with Crippen molar-refractivity contribution in [1.82, 2.24) is 4.90 Å². The number of hydrogen-bond acceptors (Lipinski definition) is 2. The van der Waals surface area contributed by atoms with Gasteiger partial charge in [-0.2, -0.15) is 7.05 Å². The molecule has 2 aliphatic rings. The molecule has 2 aliphatic heterocycles. The molecule has 0 aromatic rings. The van der Waals surface area contributed by atoms with Crippen LogP contribution in [0, 0.1) is 7.05 Å². The van der Waals surface area contributed by atoms with Crippen molar-refractivity contribution in [1.29, 1.82) is 0 Å². The molecule has 2 saturated heterocycles. The Morgan fingerprint density at radius 1 is 1.23 bits per heavy atom. The fourth-order valence-electron chi connectivity index (χ4n) is 2.39. The van der Waals surface area contributed by atoms with E-state index in [1.165, 1.54) is 32.4 Å². The molecular formula is C10H20N2O. The van der Waals surface area contributed by atoms with Crippen molar-refractivity contribution in [2.24, 2.45) is 0 Å². The number of hydrogen-bond donors (Lipinski definition) is 1. The summed E-state index contributed by atoms with van der Waals surface area (Å²) in [6.45, 7) is 4.41. The van der Waals surface area contributed by atoms with Crippen molar-refractivity contribution in [3.8, 4) is 0 Å². The lowest BCUT2D eigenvalue weighted by molar-refractivity contribution is -0.630. The SMILES string of the molecule is [CH2-][NH2+][C@@H]1CCN(C2CCOCC2)C1. The van der Waals surface area contributed by atoms with Crippen molar-refractivity contribution in [2.45, 2.75) is 31.3 Å². The zero-order chi connectivity index (χ0) is 9.10. The van der Waals surface area contributed by atoms with E-state index < -0.39 is 0 Å². The first kappa shape index (κ1) is 9.44. The molecule has 3 heteroatoms. The van der Waals surface area contributed by atoms with Gasteiger partial charge in [0.25, 0.3) is 0 Å². The van der Waals surface area contributed by atoms with Crippen molar-refractivity contribution in [2.75, 3.05) is 26.3 Å². The van der Waals surface area contributed by atoms with E-state index in [0.717, 1.165) is 25.3 Å². The van der Waals surface area contributed by atoms with Crippen LogP contribution in [0.3, 0.4) is 0 Å². The van der Waals surface area contributed by atoms with Gasteiger partial charge in [-0.15, -0.1) is 0 Å². The summed E-state index contributed by atoms with van der Waals surface area (Å²) in [6, 6.07) is 1.53. The molecule has 0 unspecified atom stereocenters. The number of ether oxygens (including phenoxy) is 1. The second kappa shape index (κ2) is 4.40. The summed E-state index contributed by atoms with van der Waals surface area (Å²) in [6.07, 6.45) is 3.76. The Labute approximate surface area is 80.4 Å². The number of likely N-dealkylation sites (tertiary alicyclic amines) is 1. The molecule has 0 aromatic carbocycles. The van der Waals surface area contributed by atoms with Gasteiger partial charge in [-0.25, -0.2) is 0 Å². The molecule has 13 heavy (non-hydrogen) atoms. The van der Waals surface area contributed by atoms with Gasteiger partial charge < -0.3 is 10.1 Å². The van der Waals surface area contributed by atoms with Gasteiger partial charge in [-0.05, 0) is 12.8 Å². The lowest BCUT2D eigenvalue weighted by Crippen LogP contribution is -2.84.